The molecule has 1 heterocycles. The molecule has 0 N–H and O–H groups in total. The summed E-state index contributed by atoms with van der Waals surface area (Å²) in [5.41, 5.74) is 25.8. The van der Waals surface area contributed by atoms with E-state index in [2.05, 4.69) is 412 Å². The first-order chi connectivity index (χ1) is 53.3. The van der Waals surface area contributed by atoms with E-state index >= 15 is 0 Å². The van der Waals surface area contributed by atoms with Crippen molar-refractivity contribution < 1.29 is 0 Å². The number of rotatable bonds is 12. The predicted molar refractivity (Wildman–Crippen MR) is 464 cm³/mol. The molecule has 0 aliphatic heterocycles. The lowest BCUT2D eigenvalue weighted by molar-refractivity contribution is 0.660. The van der Waals surface area contributed by atoms with Gasteiger partial charge in [-0.25, -0.2) is 0 Å². The lowest BCUT2D eigenvalue weighted by atomic mass is 9.82. The second kappa shape index (κ2) is 25.4. The SMILES string of the molecule is CC1(C)c2ccccc2-c2ccc(N(c3ccccc3-c3ccc4ccccc4c3)c3ccccc3-c3cc4ccc(-c5ccc6ccc(-c7ccccc7N(c7ccc(-c8cccc9sc%10ccccc%10c89)cc7)c7ccccc7-c7cc8ccccc8c8ccccc78)cc6c5)cc4c4ccccc34)cc21. The van der Waals surface area contributed by atoms with Crippen LogP contribution in [0.3, 0.4) is 0 Å². The third-order valence-electron chi connectivity index (χ3n) is 23.0. The van der Waals surface area contributed by atoms with Crippen LogP contribution in [0.1, 0.15) is 25.0 Å². The Morgan fingerprint density at radius 3 is 1.27 bits per heavy atom. The first kappa shape index (κ1) is 63.1. The van der Waals surface area contributed by atoms with Gasteiger partial charge in [-0.15, -0.1) is 11.3 Å². The number of nitrogens with zero attached hydrogens (tertiary/aromatic N) is 2. The summed E-state index contributed by atoms with van der Waals surface area (Å²) in [5.74, 6) is 0. The smallest absolute Gasteiger partial charge is 0.0540 e. The van der Waals surface area contributed by atoms with Crippen molar-refractivity contribution in [3.05, 3.63) is 399 Å². The van der Waals surface area contributed by atoms with Gasteiger partial charge in [-0.05, 0) is 228 Å². The van der Waals surface area contributed by atoms with Gasteiger partial charge in [-0.3, -0.25) is 0 Å². The third kappa shape index (κ3) is 10.4. The van der Waals surface area contributed by atoms with Crippen LogP contribution in [0.15, 0.2) is 388 Å². The summed E-state index contributed by atoms with van der Waals surface area (Å²) < 4.78 is 2.60. The van der Waals surface area contributed by atoms with Gasteiger partial charge in [0.15, 0.2) is 0 Å². The maximum atomic E-state index is 2.53. The minimum absolute atomic E-state index is 0.193. The van der Waals surface area contributed by atoms with Crippen LogP contribution in [0.2, 0.25) is 0 Å². The van der Waals surface area contributed by atoms with E-state index in [1.54, 1.807) is 0 Å². The fourth-order valence-corrected chi connectivity index (χ4v) is 18.9. The van der Waals surface area contributed by atoms with E-state index in [0.29, 0.717) is 0 Å². The third-order valence-corrected chi connectivity index (χ3v) is 24.1. The predicted octanol–water partition coefficient (Wildman–Crippen LogP) is 30.2. The molecule has 0 bridgehead atoms. The molecule has 0 radical (unpaired) electrons. The van der Waals surface area contributed by atoms with Crippen molar-refractivity contribution in [2.45, 2.75) is 19.3 Å². The van der Waals surface area contributed by atoms with Crippen molar-refractivity contribution in [2.75, 3.05) is 9.80 Å². The maximum Gasteiger partial charge on any atom is 0.0540 e. The summed E-state index contributed by atoms with van der Waals surface area (Å²) in [6.45, 7) is 4.76. The van der Waals surface area contributed by atoms with E-state index < -0.39 is 0 Å². The monoisotopic (exact) mass is 1390 g/mol. The van der Waals surface area contributed by atoms with E-state index in [4.69, 9.17) is 0 Å². The molecule has 0 saturated heterocycles. The van der Waals surface area contributed by atoms with Crippen LogP contribution < -0.4 is 9.80 Å². The van der Waals surface area contributed by atoms with E-state index in [0.717, 1.165) is 61.9 Å². The molecule has 0 amide bonds. The molecule has 108 heavy (non-hydrogen) atoms. The topological polar surface area (TPSA) is 6.48 Å². The Morgan fingerprint density at radius 1 is 0.204 bits per heavy atom. The van der Waals surface area contributed by atoms with Crippen LogP contribution in [0, 0.1) is 0 Å². The van der Waals surface area contributed by atoms with E-state index in [-0.39, 0.29) is 5.41 Å². The standard InChI is InChI=1S/C105H70N2S/c1-105(2)96-39-17-11-34-88(96)89-59-58-79(66-97(89)105)107(99-41-19-13-28-81(99)74-51-47-67-24-3-4-25-70(67)60-74)101-43-21-15-36-91(101)95-65-76-53-50-72(63-93(76)85-31-8-10-33-87(85)95)71-49-46-68-48-52-75(62-77(68)61-71)82-29-12-18-40-98(82)106(78-56-54-69(55-57-78)83-38-23-45-103-104(83)92-37-16-22-44-102(92)108-103)100-42-20-14-35-90(100)94-64-73-26-5-6-27-80(73)84-30-7-9-32-86(84)94/h3-66H,1-2H3. The molecule has 506 valence electrons. The molecule has 1 aromatic heterocycles. The van der Waals surface area contributed by atoms with Crippen molar-refractivity contribution in [3.63, 3.8) is 0 Å². The quantitative estimate of drug-likeness (QED) is 0.113. The van der Waals surface area contributed by atoms with E-state index in [9.17, 15) is 0 Å². The molecule has 1 aliphatic rings. The van der Waals surface area contributed by atoms with Crippen LogP contribution in [0.25, 0.3) is 163 Å². The molecule has 1 aliphatic carbocycles. The fourth-order valence-electron chi connectivity index (χ4n) is 17.8. The molecule has 0 unspecified atom stereocenters. The maximum absolute atomic E-state index is 2.53. The summed E-state index contributed by atoms with van der Waals surface area (Å²) in [4.78, 5) is 5.03. The van der Waals surface area contributed by atoms with Gasteiger partial charge >= 0.3 is 0 Å². The lowest BCUT2D eigenvalue weighted by Crippen LogP contribution is -2.17. The number of anilines is 6. The molecule has 0 atom stereocenters. The Kier molecular flexibility index (Phi) is 14.8. The zero-order valence-corrected chi connectivity index (χ0v) is 60.6. The molecule has 2 nitrogen and oxygen atoms in total. The minimum Gasteiger partial charge on any atom is -0.309 e. The molecule has 21 rings (SSSR count). The second-order valence-electron chi connectivity index (χ2n) is 29.4. The summed E-state index contributed by atoms with van der Waals surface area (Å²) in [6.07, 6.45) is 0. The molecular weight excluding hydrogens is 1320 g/mol. The molecule has 19 aromatic carbocycles. The normalized spacial score (nSPS) is 12.4. The van der Waals surface area contributed by atoms with Crippen LogP contribution >= 0.6 is 11.3 Å². The molecule has 20 aromatic rings. The van der Waals surface area contributed by atoms with Crippen LogP contribution in [0.4, 0.5) is 34.1 Å². The summed E-state index contributed by atoms with van der Waals surface area (Å²) in [5, 5.41) is 17.2. The second-order valence-corrected chi connectivity index (χ2v) is 30.5. The Balaban J connectivity index is 0.681. The van der Waals surface area contributed by atoms with Crippen LogP contribution in [0.5, 0.6) is 0 Å². The Labute approximate surface area is 632 Å². The van der Waals surface area contributed by atoms with Crippen molar-refractivity contribution in [1.29, 1.82) is 0 Å². The highest BCUT2D eigenvalue weighted by Crippen LogP contribution is 2.55. The minimum atomic E-state index is -0.193. The van der Waals surface area contributed by atoms with Crippen molar-refractivity contribution in [3.8, 4) is 77.9 Å². The summed E-state index contributed by atoms with van der Waals surface area (Å²) in [6, 6.07) is 145. The highest BCUT2D eigenvalue weighted by Gasteiger charge is 2.36. The van der Waals surface area contributed by atoms with E-state index in [1.807, 2.05) is 11.3 Å². The average Bonchev–Trinajstić information content (AvgIpc) is 1.46. The van der Waals surface area contributed by atoms with Gasteiger partial charge in [0.05, 0.1) is 22.7 Å². The zero-order valence-electron chi connectivity index (χ0n) is 59.8. The Hall–Kier alpha value is -13.4. The van der Waals surface area contributed by atoms with Gasteiger partial charge < -0.3 is 9.80 Å². The number of hydrogen-bond acceptors (Lipinski definition) is 3. The number of thiophene rings is 1. The van der Waals surface area contributed by atoms with Gasteiger partial charge in [0, 0.05) is 59.2 Å². The van der Waals surface area contributed by atoms with Crippen LogP contribution in [-0.2, 0) is 5.41 Å². The number of fused-ring (bicyclic) bond motifs is 14. The van der Waals surface area contributed by atoms with Gasteiger partial charge in [0.2, 0.25) is 0 Å². The highest BCUT2D eigenvalue weighted by molar-refractivity contribution is 7.26. The molecule has 0 spiro atoms. The number of hydrogen-bond donors (Lipinski definition) is 0. The molecule has 0 fully saturated rings. The average molecular weight is 1390 g/mol. The highest BCUT2D eigenvalue weighted by atomic mass is 32.1. The number of para-hydroxylation sites is 4. The summed E-state index contributed by atoms with van der Waals surface area (Å²) >= 11 is 1.86. The van der Waals surface area contributed by atoms with Crippen molar-refractivity contribution >= 4 is 130 Å². The van der Waals surface area contributed by atoms with Crippen LogP contribution in [-0.4, -0.2) is 0 Å². The van der Waals surface area contributed by atoms with Gasteiger partial charge in [0.25, 0.3) is 0 Å². The largest absolute Gasteiger partial charge is 0.309 e. The summed E-state index contributed by atoms with van der Waals surface area (Å²) in [7, 11) is 0. The van der Waals surface area contributed by atoms with Gasteiger partial charge in [0.1, 0.15) is 0 Å². The van der Waals surface area contributed by atoms with Gasteiger partial charge in [-0.1, -0.05) is 305 Å². The van der Waals surface area contributed by atoms with Crippen molar-refractivity contribution in [1.82, 2.24) is 0 Å². The fraction of sp³-hybridized carbons (Fsp3) is 0.0286. The zero-order chi connectivity index (χ0) is 71.6. The first-order valence-electron chi connectivity index (χ1n) is 37.4. The molecular formula is C105H70N2S. The van der Waals surface area contributed by atoms with Gasteiger partial charge in [-0.2, -0.15) is 0 Å². The van der Waals surface area contributed by atoms with Crippen molar-refractivity contribution in [2.24, 2.45) is 0 Å². The van der Waals surface area contributed by atoms with E-state index in [1.165, 1.54) is 146 Å². The lowest BCUT2D eigenvalue weighted by Gasteiger charge is -2.31. The number of benzene rings is 19. The molecule has 3 heteroatoms. The Bertz CT molecular complexity index is 7050. The Morgan fingerprint density at radius 2 is 0.611 bits per heavy atom. The molecule has 0 saturated carbocycles. The first-order valence-corrected chi connectivity index (χ1v) is 38.3.